The minimum absolute atomic E-state index is 0.285. The van der Waals surface area contributed by atoms with Gasteiger partial charge < -0.3 is 5.32 Å². The van der Waals surface area contributed by atoms with Crippen molar-refractivity contribution in [3.63, 3.8) is 0 Å². The van der Waals surface area contributed by atoms with Gasteiger partial charge in [-0.25, -0.2) is 8.78 Å². The number of amides is 1. The Morgan fingerprint density at radius 2 is 1.74 bits per heavy atom. The van der Waals surface area contributed by atoms with Crippen molar-refractivity contribution in [3.05, 3.63) is 71.3 Å². The smallest absolute Gasteiger partial charge is 0.251 e. The number of rotatable bonds is 4. The summed E-state index contributed by atoms with van der Waals surface area (Å²) in [6, 6.07) is 11.6. The molecule has 4 heteroatoms. The van der Waals surface area contributed by atoms with Crippen LogP contribution in [0.4, 0.5) is 8.78 Å². The zero-order valence-corrected chi connectivity index (χ0v) is 10.2. The standard InChI is InChI=1S/C15H13F2NO/c16-13-6-4-11(5-7-13)8-9-18-15(19)12-2-1-3-14(17)10-12/h1-7,10H,8-9H2,(H,18,19). The Hall–Kier alpha value is -2.23. The maximum absolute atomic E-state index is 12.9. The van der Waals surface area contributed by atoms with Crippen LogP contribution in [0.25, 0.3) is 0 Å². The van der Waals surface area contributed by atoms with E-state index in [0.29, 0.717) is 18.5 Å². The van der Waals surface area contributed by atoms with E-state index in [-0.39, 0.29) is 11.7 Å². The molecule has 0 saturated carbocycles. The molecule has 0 aliphatic heterocycles. The highest BCUT2D eigenvalue weighted by atomic mass is 19.1. The molecule has 0 atom stereocenters. The fourth-order valence-corrected chi connectivity index (χ4v) is 1.70. The molecular weight excluding hydrogens is 248 g/mol. The summed E-state index contributed by atoms with van der Waals surface area (Å²) in [6.07, 6.45) is 0.599. The van der Waals surface area contributed by atoms with Crippen molar-refractivity contribution in [2.24, 2.45) is 0 Å². The van der Waals surface area contributed by atoms with Crippen LogP contribution in [0, 0.1) is 11.6 Å². The van der Waals surface area contributed by atoms with E-state index < -0.39 is 5.82 Å². The lowest BCUT2D eigenvalue weighted by Crippen LogP contribution is -2.25. The van der Waals surface area contributed by atoms with Gasteiger partial charge >= 0.3 is 0 Å². The highest BCUT2D eigenvalue weighted by Crippen LogP contribution is 2.05. The molecular formula is C15H13F2NO. The maximum atomic E-state index is 12.9. The molecule has 1 amide bonds. The third-order valence-corrected chi connectivity index (χ3v) is 2.70. The number of benzene rings is 2. The third kappa shape index (κ3) is 3.88. The molecule has 0 spiro atoms. The van der Waals surface area contributed by atoms with Gasteiger partial charge in [0.1, 0.15) is 11.6 Å². The summed E-state index contributed by atoms with van der Waals surface area (Å²) in [4.78, 5) is 11.7. The monoisotopic (exact) mass is 261 g/mol. The fourth-order valence-electron chi connectivity index (χ4n) is 1.70. The Labute approximate surface area is 110 Å². The van der Waals surface area contributed by atoms with E-state index in [4.69, 9.17) is 0 Å². The number of carbonyl (C=O) groups excluding carboxylic acids is 1. The molecule has 0 bridgehead atoms. The first kappa shape index (κ1) is 13.2. The molecule has 2 rings (SSSR count). The van der Waals surface area contributed by atoms with Gasteiger partial charge in [0.2, 0.25) is 0 Å². The van der Waals surface area contributed by atoms with Gasteiger partial charge in [0.05, 0.1) is 0 Å². The van der Waals surface area contributed by atoms with E-state index in [1.54, 1.807) is 18.2 Å². The zero-order chi connectivity index (χ0) is 13.7. The summed E-state index contributed by atoms with van der Waals surface area (Å²) < 4.78 is 25.6. The number of halogens is 2. The maximum Gasteiger partial charge on any atom is 0.251 e. The summed E-state index contributed by atoms with van der Waals surface area (Å²) in [7, 11) is 0. The van der Waals surface area contributed by atoms with E-state index in [1.807, 2.05) is 0 Å². The quantitative estimate of drug-likeness (QED) is 0.900. The van der Waals surface area contributed by atoms with E-state index >= 15 is 0 Å². The second-order valence-corrected chi connectivity index (χ2v) is 4.14. The summed E-state index contributed by atoms with van der Waals surface area (Å²) in [5, 5.41) is 2.69. The van der Waals surface area contributed by atoms with Crippen LogP contribution >= 0.6 is 0 Å². The van der Waals surface area contributed by atoms with Crippen LogP contribution in [0.5, 0.6) is 0 Å². The Bertz CT molecular complexity index is 567. The lowest BCUT2D eigenvalue weighted by atomic mass is 10.1. The lowest BCUT2D eigenvalue weighted by Gasteiger charge is -2.05. The van der Waals surface area contributed by atoms with Crippen molar-refractivity contribution in [2.75, 3.05) is 6.54 Å². The van der Waals surface area contributed by atoms with Crippen LogP contribution in [0.3, 0.4) is 0 Å². The molecule has 0 fully saturated rings. The van der Waals surface area contributed by atoms with Gasteiger partial charge in [-0.2, -0.15) is 0 Å². The summed E-state index contributed by atoms with van der Waals surface area (Å²) in [5.41, 5.74) is 1.22. The second kappa shape index (κ2) is 6.09. The Morgan fingerprint density at radius 3 is 2.42 bits per heavy atom. The van der Waals surface area contributed by atoms with Crippen LogP contribution in [0.15, 0.2) is 48.5 Å². The van der Waals surface area contributed by atoms with Crippen molar-refractivity contribution >= 4 is 5.91 Å². The summed E-state index contributed by atoms with van der Waals surface area (Å²) in [6.45, 7) is 0.418. The SMILES string of the molecule is O=C(NCCc1ccc(F)cc1)c1cccc(F)c1. The molecule has 0 aliphatic rings. The fraction of sp³-hybridized carbons (Fsp3) is 0.133. The van der Waals surface area contributed by atoms with Crippen molar-refractivity contribution in [1.29, 1.82) is 0 Å². The van der Waals surface area contributed by atoms with Crippen LogP contribution in [0.1, 0.15) is 15.9 Å². The van der Waals surface area contributed by atoms with E-state index in [1.165, 1.54) is 30.3 Å². The van der Waals surface area contributed by atoms with Crippen LogP contribution in [-0.4, -0.2) is 12.5 Å². The largest absolute Gasteiger partial charge is 0.352 e. The minimum Gasteiger partial charge on any atom is -0.352 e. The molecule has 1 N–H and O–H groups in total. The molecule has 0 aromatic heterocycles. The van der Waals surface area contributed by atoms with E-state index in [0.717, 1.165) is 5.56 Å². The molecule has 0 radical (unpaired) electrons. The van der Waals surface area contributed by atoms with Gasteiger partial charge in [-0.3, -0.25) is 4.79 Å². The number of hydrogen-bond donors (Lipinski definition) is 1. The van der Waals surface area contributed by atoms with Crippen molar-refractivity contribution in [2.45, 2.75) is 6.42 Å². The summed E-state index contributed by atoms with van der Waals surface area (Å²) >= 11 is 0. The highest BCUT2D eigenvalue weighted by Gasteiger charge is 2.05. The third-order valence-electron chi connectivity index (χ3n) is 2.70. The average molecular weight is 261 g/mol. The highest BCUT2D eigenvalue weighted by molar-refractivity contribution is 5.94. The van der Waals surface area contributed by atoms with Gasteiger partial charge in [-0.1, -0.05) is 18.2 Å². The molecule has 2 aromatic rings. The van der Waals surface area contributed by atoms with Crippen molar-refractivity contribution in [3.8, 4) is 0 Å². The minimum atomic E-state index is -0.439. The van der Waals surface area contributed by atoms with Gasteiger partial charge in [0.15, 0.2) is 0 Å². The molecule has 2 aromatic carbocycles. The van der Waals surface area contributed by atoms with Crippen LogP contribution < -0.4 is 5.32 Å². The molecule has 0 unspecified atom stereocenters. The average Bonchev–Trinajstić information content (AvgIpc) is 2.41. The van der Waals surface area contributed by atoms with Crippen LogP contribution in [0.2, 0.25) is 0 Å². The van der Waals surface area contributed by atoms with Gasteiger partial charge in [-0.15, -0.1) is 0 Å². The zero-order valence-electron chi connectivity index (χ0n) is 10.2. The molecule has 2 nitrogen and oxygen atoms in total. The number of hydrogen-bond acceptors (Lipinski definition) is 1. The Kier molecular flexibility index (Phi) is 4.23. The first-order chi connectivity index (χ1) is 9.15. The lowest BCUT2D eigenvalue weighted by molar-refractivity contribution is 0.0953. The van der Waals surface area contributed by atoms with E-state index in [9.17, 15) is 13.6 Å². The molecule has 19 heavy (non-hydrogen) atoms. The van der Waals surface area contributed by atoms with Gasteiger partial charge in [-0.05, 0) is 42.3 Å². The molecule has 0 aliphatic carbocycles. The van der Waals surface area contributed by atoms with Crippen molar-refractivity contribution < 1.29 is 13.6 Å². The Balaban J connectivity index is 1.86. The Morgan fingerprint density at radius 1 is 1.00 bits per heavy atom. The normalized spacial score (nSPS) is 10.2. The van der Waals surface area contributed by atoms with Gasteiger partial charge in [0, 0.05) is 12.1 Å². The molecule has 98 valence electrons. The second-order valence-electron chi connectivity index (χ2n) is 4.14. The van der Waals surface area contributed by atoms with E-state index in [2.05, 4.69) is 5.32 Å². The topological polar surface area (TPSA) is 29.1 Å². The first-order valence-corrected chi connectivity index (χ1v) is 5.93. The number of nitrogens with one attached hydrogen (secondary N) is 1. The first-order valence-electron chi connectivity index (χ1n) is 5.93. The summed E-state index contributed by atoms with van der Waals surface area (Å²) in [5.74, 6) is -1.04. The van der Waals surface area contributed by atoms with Crippen molar-refractivity contribution in [1.82, 2.24) is 5.32 Å². The van der Waals surface area contributed by atoms with Gasteiger partial charge in [0.25, 0.3) is 5.91 Å². The predicted molar refractivity (Wildman–Crippen MR) is 68.8 cm³/mol. The molecule has 0 saturated heterocycles. The predicted octanol–water partition coefficient (Wildman–Crippen LogP) is 2.94. The molecule has 0 heterocycles. The van der Waals surface area contributed by atoms with Crippen LogP contribution in [-0.2, 0) is 6.42 Å². The number of carbonyl (C=O) groups is 1.